The Morgan fingerprint density at radius 2 is 2.00 bits per heavy atom. The number of benzene rings is 1. The summed E-state index contributed by atoms with van der Waals surface area (Å²) in [4.78, 5) is 0. The van der Waals surface area contributed by atoms with Gasteiger partial charge in [0.2, 0.25) is 0 Å². The van der Waals surface area contributed by atoms with Crippen LogP contribution in [-0.2, 0) is 6.42 Å². The van der Waals surface area contributed by atoms with Gasteiger partial charge in [0.25, 0.3) is 0 Å². The average Bonchev–Trinajstić information content (AvgIpc) is 2.78. The van der Waals surface area contributed by atoms with Crippen LogP contribution < -0.4 is 0 Å². The Balaban J connectivity index is 2.15. The maximum atomic E-state index is 9.39. The molecule has 0 bridgehead atoms. The molecule has 0 unspecified atom stereocenters. The minimum atomic E-state index is 0.458. The number of aromatic hydroxyl groups is 1. The highest BCUT2D eigenvalue weighted by molar-refractivity contribution is 5.32. The van der Waals surface area contributed by atoms with Crippen molar-refractivity contribution in [3.05, 3.63) is 29.8 Å². The predicted octanol–water partition coefficient (Wildman–Crippen LogP) is 2.34. The van der Waals surface area contributed by atoms with Gasteiger partial charge in [-0.15, -0.1) is 0 Å². The summed E-state index contributed by atoms with van der Waals surface area (Å²) in [7, 11) is 0. The second-order valence-electron chi connectivity index (χ2n) is 3.28. The molecule has 0 aliphatic heterocycles. The van der Waals surface area contributed by atoms with E-state index in [9.17, 15) is 5.11 Å². The monoisotopic (exact) mass is 148 g/mol. The zero-order valence-corrected chi connectivity index (χ0v) is 6.46. The maximum absolute atomic E-state index is 9.39. The Bertz CT molecular complexity index is 251. The summed E-state index contributed by atoms with van der Waals surface area (Å²) in [6.07, 6.45) is 3.75. The van der Waals surface area contributed by atoms with E-state index in [0.29, 0.717) is 5.75 Å². The molecular formula is C10H12O. The first-order valence-corrected chi connectivity index (χ1v) is 4.13. The van der Waals surface area contributed by atoms with E-state index in [0.717, 1.165) is 17.9 Å². The molecule has 11 heavy (non-hydrogen) atoms. The van der Waals surface area contributed by atoms with Crippen molar-refractivity contribution in [2.24, 2.45) is 5.92 Å². The number of para-hydroxylation sites is 1. The molecule has 1 fully saturated rings. The first-order valence-electron chi connectivity index (χ1n) is 4.13. The smallest absolute Gasteiger partial charge is 0.118 e. The zero-order valence-electron chi connectivity index (χ0n) is 6.46. The molecule has 58 valence electrons. The summed E-state index contributed by atoms with van der Waals surface area (Å²) in [5, 5.41) is 9.39. The molecule has 0 heterocycles. The molecule has 1 heteroatoms. The third-order valence-corrected chi connectivity index (χ3v) is 2.20. The summed E-state index contributed by atoms with van der Waals surface area (Å²) >= 11 is 0. The summed E-state index contributed by atoms with van der Waals surface area (Å²) in [5.74, 6) is 1.31. The van der Waals surface area contributed by atoms with Crippen LogP contribution in [0.5, 0.6) is 5.75 Å². The van der Waals surface area contributed by atoms with Gasteiger partial charge in [0, 0.05) is 0 Å². The van der Waals surface area contributed by atoms with Crippen molar-refractivity contribution < 1.29 is 5.11 Å². The third kappa shape index (κ3) is 1.53. The van der Waals surface area contributed by atoms with E-state index in [4.69, 9.17) is 0 Å². The van der Waals surface area contributed by atoms with E-state index in [2.05, 4.69) is 0 Å². The molecule has 0 radical (unpaired) electrons. The van der Waals surface area contributed by atoms with Crippen molar-refractivity contribution in [3.8, 4) is 5.75 Å². The van der Waals surface area contributed by atoms with Crippen LogP contribution in [0.3, 0.4) is 0 Å². The summed E-state index contributed by atoms with van der Waals surface area (Å²) in [6.45, 7) is 0. The third-order valence-electron chi connectivity index (χ3n) is 2.20. The van der Waals surface area contributed by atoms with Crippen LogP contribution in [0.4, 0.5) is 0 Å². The van der Waals surface area contributed by atoms with Crippen molar-refractivity contribution in [2.45, 2.75) is 19.3 Å². The first-order chi connectivity index (χ1) is 5.36. The Morgan fingerprint density at radius 1 is 1.27 bits per heavy atom. The van der Waals surface area contributed by atoms with E-state index >= 15 is 0 Å². The molecule has 1 aromatic carbocycles. The molecule has 1 nitrogen and oxygen atoms in total. The quantitative estimate of drug-likeness (QED) is 0.682. The zero-order chi connectivity index (χ0) is 7.68. The number of rotatable bonds is 2. The van der Waals surface area contributed by atoms with Gasteiger partial charge in [-0.25, -0.2) is 0 Å². The molecule has 2 rings (SSSR count). The first kappa shape index (κ1) is 6.71. The van der Waals surface area contributed by atoms with E-state index < -0.39 is 0 Å². The van der Waals surface area contributed by atoms with Crippen LogP contribution in [0.2, 0.25) is 0 Å². The van der Waals surface area contributed by atoms with Crippen LogP contribution in [0.25, 0.3) is 0 Å². The standard InChI is InChI=1S/C10H12O/c11-10-4-2-1-3-9(10)7-8-5-6-8/h1-4,8,11H,5-7H2. The van der Waals surface area contributed by atoms with Gasteiger partial charge in [0.15, 0.2) is 0 Å². The SMILES string of the molecule is Oc1ccccc1CC1CC1. The van der Waals surface area contributed by atoms with Crippen molar-refractivity contribution in [1.82, 2.24) is 0 Å². The Kier molecular flexibility index (Phi) is 1.57. The van der Waals surface area contributed by atoms with Crippen molar-refractivity contribution >= 4 is 0 Å². The van der Waals surface area contributed by atoms with Gasteiger partial charge >= 0.3 is 0 Å². The lowest BCUT2D eigenvalue weighted by molar-refractivity contribution is 0.466. The lowest BCUT2D eigenvalue weighted by atomic mass is 10.1. The molecular weight excluding hydrogens is 136 g/mol. The van der Waals surface area contributed by atoms with Gasteiger partial charge in [0.1, 0.15) is 5.75 Å². The van der Waals surface area contributed by atoms with Crippen LogP contribution in [0.15, 0.2) is 24.3 Å². The molecule has 1 aliphatic rings. The van der Waals surface area contributed by atoms with Crippen LogP contribution in [0.1, 0.15) is 18.4 Å². The number of hydrogen-bond donors (Lipinski definition) is 1. The van der Waals surface area contributed by atoms with Crippen molar-refractivity contribution in [3.63, 3.8) is 0 Å². The van der Waals surface area contributed by atoms with E-state index in [1.54, 1.807) is 6.07 Å². The van der Waals surface area contributed by atoms with Gasteiger partial charge in [-0.2, -0.15) is 0 Å². The molecule has 0 atom stereocenters. The number of phenolic OH excluding ortho intramolecular Hbond substituents is 1. The summed E-state index contributed by atoms with van der Waals surface area (Å²) < 4.78 is 0. The van der Waals surface area contributed by atoms with Gasteiger partial charge in [-0.3, -0.25) is 0 Å². The fourth-order valence-electron chi connectivity index (χ4n) is 1.32. The maximum Gasteiger partial charge on any atom is 0.118 e. The Morgan fingerprint density at radius 3 is 2.64 bits per heavy atom. The number of hydrogen-bond acceptors (Lipinski definition) is 1. The van der Waals surface area contributed by atoms with Gasteiger partial charge < -0.3 is 5.11 Å². The lowest BCUT2D eigenvalue weighted by Gasteiger charge is -2.00. The molecule has 1 saturated carbocycles. The van der Waals surface area contributed by atoms with Gasteiger partial charge in [0.05, 0.1) is 0 Å². The van der Waals surface area contributed by atoms with E-state index in [-0.39, 0.29) is 0 Å². The van der Waals surface area contributed by atoms with Crippen LogP contribution in [0, 0.1) is 5.92 Å². The lowest BCUT2D eigenvalue weighted by Crippen LogP contribution is -1.86. The van der Waals surface area contributed by atoms with Crippen molar-refractivity contribution in [1.29, 1.82) is 0 Å². The normalized spacial score (nSPS) is 16.7. The predicted molar refractivity (Wildman–Crippen MR) is 44.5 cm³/mol. The summed E-state index contributed by atoms with van der Waals surface area (Å²) in [5.41, 5.74) is 1.11. The minimum Gasteiger partial charge on any atom is -0.508 e. The molecule has 1 aliphatic carbocycles. The van der Waals surface area contributed by atoms with Crippen molar-refractivity contribution in [2.75, 3.05) is 0 Å². The van der Waals surface area contributed by atoms with Gasteiger partial charge in [-0.1, -0.05) is 18.2 Å². The second kappa shape index (κ2) is 2.57. The minimum absolute atomic E-state index is 0.458. The molecule has 0 saturated heterocycles. The fraction of sp³-hybridized carbons (Fsp3) is 0.400. The highest BCUT2D eigenvalue weighted by atomic mass is 16.3. The summed E-state index contributed by atoms with van der Waals surface area (Å²) in [6, 6.07) is 7.62. The molecule has 0 spiro atoms. The highest BCUT2D eigenvalue weighted by Gasteiger charge is 2.22. The van der Waals surface area contributed by atoms with Gasteiger partial charge in [-0.05, 0) is 36.8 Å². The molecule has 0 amide bonds. The van der Waals surface area contributed by atoms with E-state index in [1.807, 2.05) is 18.2 Å². The van der Waals surface area contributed by atoms with E-state index in [1.165, 1.54) is 12.8 Å². The Labute approximate surface area is 66.7 Å². The largest absolute Gasteiger partial charge is 0.508 e. The fourth-order valence-corrected chi connectivity index (χ4v) is 1.32. The highest BCUT2D eigenvalue weighted by Crippen LogP contribution is 2.34. The molecule has 0 aromatic heterocycles. The second-order valence-corrected chi connectivity index (χ2v) is 3.28. The van der Waals surface area contributed by atoms with Crippen LogP contribution in [-0.4, -0.2) is 5.11 Å². The number of phenols is 1. The molecule has 1 N–H and O–H groups in total. The van der Waals surface area contributed by atoms with Crippen LogP contribution >= 0.6 is 0 Å². The Hall–Kier alpha value is -0.980. The molecule has 1 aromatic rings. The average molecular weight is 148 g/mol. The topological polar surface area (TPSA) is 20.2 Å².